The van der Waals surface area contributed by atoms with Crippen LogP contribution in [-0.4, -0.2) is 37.2 Å². The predicted octanol–water partition coefficient (Wildman–Crippen LogP) is -0.258. The van der Waals surface area contributed by atoms with Gasteiger partial charge in [0, 0.05) is 14.1 Å². The molecule has 0 atom stereocenters. The van der Waals surface area contributed by atoms with Crippen molar-refractivity contribution in [3.05, 3.63) is 10.1 Å². The molecule has 0 radical (unpaired) electrons. The number of methoxy groups -OCH3 is 1. The van der Waals surface area contributed by atoms with Crippen molar-refractivity contribution in [2.24, 2.45) is 5.10 Å². The summed E-state index contributed by atoms with van der Waals surface area (Å²) in [6, 6.07) is -0.0231. The van der Waals surface area contributed by atoms with Crippen molar-refractivity contribution in [1.82, 2.24) is 4.90 Å². The molecule has 0 aliphatic heterocycles. The van der Waals surface area contributed by atoms with Crippen LogP contribution in [0.2, 0.25) is 0 Å². The van der Waals surface area contributed by atoms with Gasteiger partial charge in [-0.15, -0.1) is 0 Å². The molecule has 58 valence electrons. The lowest BCUT2D eigenvalue weighted by Gasteiger charge is -2.08. The summed E-state index contributed by atoms with van der Waals surface area (Å²) in [5, 5.41) is 11.9. The first-order valence-electron chi connectivity index (χ1n) is 2.52. The predicted molar refractivity (Wildman–Crippen MR) is 35.1 cm³/mol. The van der Waals surface area contributed by atoms with Crippen LogP contribution in [0.1, 0.15) is 0 Å². The number of hydrazone groups is 1. The summed E-state index contributed by atoms with van der Waals surface area (Å²) >= 11 is 0. The van der Waals surface area contributed by atoms with Crippen molar-refractivity contribution in [2.45, 2.75) is 0 Å². The zero-order valence-corrected chi connectivity index (χ0v) is 6.07. The van der Waals surface area contributed by atoms with E-state index >= 15 is 0 Å². The van der Waals surface area contributed by atoms with Gasteiger partial charge in [-0.1, -0.05) is 0 Å². The van der Waals surface area contributed by atoms with Crippen LogP contribution >= 0.6 is 0 Å². The number of nitrogens with zero attached hydrogens (tertiary/aromatic N) is 3. The highest BCUT2D eigenvalue weighted by molar-refractivity contribution is 5.72. The minimum absolute atomic E-state index is 0.0231. The molecule has 0 N–H and O–H groups in total. The maximum absolute atomic E-state index is 9.78. The number of hydrogen-bond donors (Lipinski definition) is 0. The normalized spacial score (nSPS) is 10.9. The van der Waals surface area contributed by atoms with E-state index < -0.39 is 5.03 Å². The Balaban J connectivity index is 4.18. The van der Waals surface area contributed by atoms with Gasteiger partial charge in [0.25, 0.3) is 0 Å². The molecular weight excluding hydrogens is 138 g/mol. The highest BCUT2D eigenvalue weighted by Crippen LogP contribution is 1.84. The van der Waals surface area contributed by atoms with E-state index in [-0.39, 0.29) is 6.02 Å². The van der Waals surface area contributed by atoms with Crippen LogP contribution < -0.4 is 0 Å². The molecule has 0 bridgehead atoms. The quantitative estimate of drug-likeness (QED) is 0.222. The topological polar surface area (TPSA) is 68.0 Å². The van der Waals surface area contributed by atoms with Crippen LogP contribution in [-0.2, 0) is 4.74 Å². The molecule has 0 aromatic rings. The zero-order valence-electron chi connectivity index (χ0n) is 6.07. The fourth-order valence-electron chi connectivity index (χ4n) is 0.383. The zero-order chi connectivity index (χ0) is 8.15. The molecule has 6 heteroatoms. The third-order valence-electron chi connectivity index (χ3n) is 0.732. The van der Waals surface area contributed by atoms with E-state index in [1.54, 1.807) is 14.1 Å². The van der Waals surface area contributed by atoms with Gasteiger partial charge in [-0.25, -0.2) is 10.1 Å². The SMILES string of the molecule is CO/C(=N\[N+](=O)[O-])N(C)C. The van der Waals surface area contributed by atoms with Crippen LogP contribution in [0.25, 0.3) is 0 Å². The lowest BCUT2D eigenvalue weighted by atomic mass is 10.9. The molecule has 0 saturated carbocycles. The van der Waals surface area contributed by atoms with E-state index in [4.69, 9.17) is 0 Å². The van der Waals surface area contributed by atoms with E-state index in [1.807, 2.05) is 0 Å². The van der Waals surface area contributed by atoms with E-state index in [9.17, 15) is 10.1 Å². The van der Waals surface area contributed by atoms with Crippen molar-refractivity contribution in [1.29, 1.82) is 0 Å². The second-order valence-electron chi connectivity index (χ2n) is 1.72. The lowest BCUT2D eigenvalue weighted by Crippen LogP contribution is -2.24. The smallest absolute Gasteiger partial charge is 0.360 e. The Kier molecular flexibility index (Phi) is 3.16. The molecular formula is C4H9N3O3. The molecule has 10 heavy (non-hydrogen) atoms. The van der Waals surface area contributed by atoms with Crippen LogP contribution in [0.15, 0.2) is 5.10 Å². The summed E-state index contributed by atoms with van der Waals surface area (Å²) in [5.74, 6) is 0. The number of ether oxygens (including phenoxy) is 1. The number of amidine groups is 1. The molecule has 0 spiro atoms. The summed E-state index contributed by atoms with van der Waals surface area (Å²) in [6.45, 7) is 0. The van der Waals surface area contributed by atoms with E-state index in [1.165, 1.54) is 12.0 Å². The van der Waals surface area contributed by atoms with Crippen LogP contribution in [0, 0.1) is 10.1 Å². The van der Waals surface area contributed by atoms with Gasteiger partial charge in [0.1, 0.15) is 5.10 Å². The van der Waals surface area contributed by atoms with Crippen molar-refractivity contribution in [2.75, 3.05) is 21.2 Å². The molecule has 0 aromatic heterocycles. The van der Waals surface area contributed by atoms with Crippen LogP contribution in [0.4, 0.5) is 0 Å². The van der Waals surface area contributed by atoms with E-state index in [0.29, 0.717) is 0 Å². The monoisotopic (exact) mass is 147 g/mol. The summed E-state index contributed by atoms with van der Waals surface area (Å²) < 4.78 is 4.56. The third kappa shape index (κ3) is 2.85. The van der Waals surface area contributed by atoms with Gasteiger partial charge in [-0.05, 0) is 0 Å². The van der Waals surface area contributed by atoms with Crippen molar-refractivity contribution in [3.8, 4) is 0 Å². The van der Waals surface area contributed by atoms with Crippen LogP contribution in [0.3, 0.4) is 0 Å². The number of nitro groups is 1. The Bertz CT molecular complexity index is 154. The highest BCUT2D eigenvalue weighted by Gasteiger charge is 2.05. The van der Waals surface area contributed by atoms with Crippen molar-refractivity contribution < 1.29 is 9.77 Å². The Morgan fingerprint density at radius 2 is 2.20 bits per heavy atom. The maximum atomic E-state index is 9.78. The third-order valence-corrected chi connectivity index (χ3v) is 0.732. The Morgan fingerprint density at radius 1 is 1.70 bits per heavy atom. The second kappa shape index (κ2) is 3.65. The standard InChI is InChI=1S/C4H9N3O3/c1-6(2)4(10-3)5-7(8)9/h1-3H3/b5-4-. The van der Waals surface area contributed by atoms with Gasteiger partial charge >= 0.3 is 6.02 Å². The molecule has 0 heterocycles. The first-order chi connectivity index (χ1) is 4.57. The Hall–Kier alpha value is -1.33. The van der Waals surface area contributed by atoms with Crippen molar-refractivity contribution >= 4 is 6.02 Å². The van der Waals surface area contributed by atoms with Gasteiger partial charge in [0.15, 0.2) is 5.03 Å². The summed E-state index contributed by atoms with van der Waals surface area (Å²) in [5.41, 5.74) is 0. The fourth-order valence-corrected chi connectivity index (χ4v) is 0.383. The average Bonchev–Trinajstić information content (AvgIpc) is 1.81. The molecule has 0 fully saturated rings. The van der Waals surface area contributed by atoms with E-state index in [2.05, 4.69) is 9.84 Å². The second-order valence-corrected chi connectivity index (χ2v) is 1.72. The summed E-state index contributed by atoms with van der Waals surface area (Å²) in [7, 11) is 4.53. The molecule has 0 unspecified atom stereocenters. The fraction of sp³-hybridized carbons (Fsp3) is 0.750. The van der Waals surface area contributed by atoms with Gasteiger partial charge in [0.05, 0.1) is 7.11 Å². The van der Waals surface area contributed by atoms with Gasteiger partial charge in [0.2, 0.25) is 0 Å². The minimum Gasteiger partial charge on any atom is -0.464 e. The van der Waals surface area contributed by atoms with E-state index in [0.717, 1.165) is 0 Å². The van der Waals surface area contributed by atoms with Gasteiger partial charge in [-0.2, -0.15) is 0 Å². The van der Waals surface area contributed by atoms with Gasteiger partial charge < -0.3 is 9.64 Å². The molecule has 0 rings (SSSR count). The molecule has 0 aliphatic rings. The summed E-state index contributed by atoms with van der Waals surface area (Å²) in [4.78, 5) is 11.2. The Morgan fingerprint density at radius 3 is 2.30 bits per heavy atom. The molecule has 0 aromatic carbocycles. The first kappa shape index (κ1) is 8.67. The number of rotatable bonds is 1. The minimum atomic E-state index is -0.807. The average molecular weight is 147 g/mol. The molecule has 0 amide bonds. The summed E-state index contributed by atoms with van der Waals surface area (Å²) in [6.07, 6.45) is 0. The van der Waals surface area contributed by atoms with Gasteiger partial charge in [-0.3, -0.25) is 0 Å². The van der Waals surface area contributed by atoms with Crippen LogP contribution in [0.5, 0.6) is 0 Å². The Labute approximate surface area is 58.2 Å². The molecule has 6 nitrogen and oxygen atoms in total. The van der Waals surface area contributed by atoms with Crippen molar-refractivity contribution in [3.63, 3.8) is 0 Å². The lowest BCUT2D eigenvalue weighted by molar-refractivity contribution is -0.486. The molecule has 0 aliphatic carbocycles. The maximum Gasteiger partial charge on any atom is 0.360 e. The molecule has 0 saturated heterocycles. The highest BCUT2D eigenvalue weighted by atomic mass is 16.7. The first-order valence-corrected chi connectivity index (χ1v) is 2.52. The number of hydrogen-bond acceptors (Lipinski definition) is 3. The largest absolute Gasteiger partial charge is 0.464 e.